The van der Waals surface area contributed by atoms with E-state index in [0.29, 0.717) is 24.1 Å². The second kappa shape index (κ2) is 9.64. The normalized spacial score (nSPS) is 21.7. The van der Waals surface area contributed by atoms with Crippen LogP contribution < -0.4 is 0 Å². The summed E-state index contributed by atoms with van der Waals surface area (Å²) in [5, 5.41) is 10.5. The number of likely N-dealkylation sites (tertiary alicyclic amines) is 1. The molecule has 3 heterocycles. The summed E-state index contributed by atoms with van der Waals surface area (Å²) in [4.78, 5) is 7.81. The van der Waals surface area contributed by atoms with Crippen LogP contribution in [0.3, 0.4) is 0 Å². The summed E-state index contributed by atoms with van der Waals surface area (Å²) in [7, 11) is 1.96. The molecule has 12 heteroatoms. The maximum atomic E-state index is 14.6. The lowest BCUT2D eigenvalue weighted by Crippen LogP contribution is -2.28. The van der Waals surface area contributed by atoms with Gasteiger partial charge in [0.15, 0.2) is 11.0 Å². The summed E-state index contributed by atoms with van der Waals surface area (Å²) in [5.41, 5.74) is 0.134. The Morgan fingerprint density at radius 1 is 1.23 bits per heavy atom. The third kappa shape index (κ3) is 4.97. The molecule has 2 unspecified atom stereocenters. The number of fused-ring (bicyclic) bond motifs is 1. The monoisotopic (exact) mass is 547 g/mol. The number of aryl methyl sites for hydroxylation is 2. The van der Waals surface area contributed by atoms with Crippen molar-refractivity contribution >= 4 is 35.5 Å². The first-order valence-corrected chi connectivity index (χ1v) is 12.9. The number of hydrogen-bond acceptors (Lipinski definition) is 6. The van der Waals surface area contributed by atoms with Gasteiger partial charge in [0.2, 0.25) is 0 Å². The van der Waals surface area contributed by atoms with Gasteiger partial charge < -0.3 is 9.47 Å². The molecule has 190 valence electrons. The van der Waals surface area contributed by atoms with Gasteiger partial charge in [-0.2, -0.15) is 13.2 Å². The number of benzene rings is 1. The quantitative estimate of drug-likeness (QED) is 0.210. The van der Waals surface area contributed by atoms with Crippen LogP contribution in [-0.2, 0) is 18.6 Å². The van der Waals surface area contributed by atoms with Crippen molar-refractivity contribution in [2.24, 2.45) is 13.0 Å². The molecule has 1 aliphatic carbocycles. The number of thiazole rings is 1. The van der Waals surface area contributed by atoms with Crippen molar-refractivity contribution in [1.82, 2.24) is 24.6 Å². The molecule has 1 saturated carbocycles. The number of alkyl halides is 3. The molecule has 2 fully saturated rings. The Bertz CT molecular complexity index is 1230. The average molecular weight is 548 g/mol. The Balaban J connectivity index is 0.00000289. The van der Waals surface area contributed by atoms with Gasteiger partial charge in [0, 0.05) is 31.3 Å². The van der Waals surface area contributed by atoms with Crippen LogP contribution in [0, 0.1) is 25.6 Å². The zero-order valence-electron chi connectivity index (χ0n) is 19.5. The van der Waals surface area contributed by atoms with Crippen molar-refractivity contribution in [2.45, 2.75) is 43.4 Å². The highest BCUT2D eigenvalue weighted by Gasteiger charge is 2.61. The highest BCUT2D eigenvalue weighted by Crippen LogP contribution is 2.59. The number of thioether (sulfide) groups is 1. The minimum absolute atomic E-state index is 0. The van der Waals surface area contributed by atoms with Crippen molar-refractivity contribution in [3.63, 3.8) is 0 Å². The molecule has 35 heavy (non-hydrogen) atoms. The zero-order valence-corrected chi connectivity index (χ0v) is 22.0. The van der Waals surface area contributed by atoms with E-state index in [-0.39, 0.29) is 17.8 Å². The third-order valence-corrected chi connectivity index (χ3v) is 9.02. The first-order valence-electron chi connectivity index (χ1n) is 11.1. The van der Waals surface area contributed by atoms with E-state index in [4.69, 9.17) is 0 Å². The van der Waals surface area contributed by atoms with Crippen LogP contribution in [0.25, 0.3) is 10.7 Å². The maximum absolute atomic E-state index is 14.6. The predicted molar refractivity (Wildman–Crippen MR) is 132 cm³/mol. The predicted octanol–water partition coefficient (Wildman–Crippen LogP) is 5.89. The van der Waals surface area contributed by atoms with E-state index in [0.717, 1.165) is 64.3 Å². The van der Waals surface area contributed by atoms with Crippen LogP contribution in [0.4, 0.5) is 17.6 Å². The Labute approximate surface area is 215 Å². The van der Waals surface area contributed by atoms with Gasteiger partial charge in [-0.3, -0.25) is 0 Å². The molecular weight excluding hydrogens is 522 g/mol. The molecule has 0 N–H and O–H groups in total. The smallest absolute Gasteiger partial charge is 0.304 e. The van der Waals surface area contributed by atoms with Crippen LogP contribution in [-0.4, -0.2) is 50.0 Å². The van der Waals surface area contributed by atoms with Crippen LogP contribution in [0.15, 0.2) is 23.4 Å². The molecule has 0 spiro atoms. The lowest BCUT2D eigenvalue weighted by atomic mass is 9.93. The number of nitrogens with zero attached hydrogens (tertiary/aromatic N) is 5. The van der Waals surface area contributed by atoms with Crippen molar-refractivity contribution in [3.8, 4) is 10.7 Å². The van der Waals surface area contributed by atoms with E-state index in [1.165, 1.54) is 6.07 Å². The summed E-state index contributed by atoms with van der Waals surface area (Å²) in [6.45, 7) is 6.38. The number of piperidine rings is 1. The standard InChI is InChI=1S/C23H25F4N5S2.ClH/c1-13-19(34-14(2)28-13)20-29-30-21(31(20)3)33-8-4-7-32-11-16-10-22(16,12-32)17-6-5-15(9-18(17)24)23(25,26)27;/h5-6,9,16H,4,7-8,10-12H2,1-3H3;1H. The van der Waals surface area contributed by atoms with Crippen LogP contribution >= 0.6 is 35.5 Å². The van der Waals surface area contributed by atoms with Gasteiger partial charge in [-0.15, -0.1) is 33.9 Å². The van der Waals surface area contributed by atoms with Gasteiger partial charge in [-0.1, -0.05) is 17.8 Å². The Morgan fingerprint density at radius 2 is 2.00 bits per heavy atom. The Kier molecular flexibility index (Phi) is 7.27. The molecule has 1 saturated heterocycles. The molecule has 2 atom stereocenters. The topological polar surface area (TPSA) is 46.8 Å². The van der Waals surface area contributed by atoms with E-state index in [1.54, 1.807) is 23.1 Å². The lowest BCUT2D eigenvalue weighted by Gasteiger charge is -2.21. The van der Waals surface area contributed by atoms with Crippen molar-refractivity contribution in [2.75, 3.05) is 25.4 Å². The van der Waals surface area contributed by atoms with Crippen LogP contribution in [0.5, 0.6) is 0 Å². The molecular formula is C23H26ClF4N5S2. The molecule has 5 nitrogen and oxygen atoms in total. The van der Waals surface area contributed by atoms with Gasteiger partial charge >= 0.3 is 6.18 Å². The number of aromatic nitrogens is 4. The second-order valence-electron chi connectivity index (χ2n) is 9.20. The summed E-state index contributed by atoms with van der Waals surface area (Å²) in [5.74, 6) is 1.28. The van der Waals surface area contributed by atoms with Gasteiger partial charge in [-0.05, 0) is 56.8 Å². The van der Waals surface area contributed by atoms with E-state index < -0.39 is 17.6 Å². The fourth-order valence-corrected chi connectivity index (χ4v) is 6.87. The van der Waals surface area contributed by atoms with Crippen LogP contribution in [0.1, 0.15) is 34.7 Å². The summed E-state index contributed by atoms with van der Waals surface area (Å²) < 4.78 is 55.2. The SMILES string of the molecule is Cc1nc(C)c(-c2nnc(SCCCN3CC4CC4(c4ccc(C(F)(F)F)cc4F)C3)n2C)s1.Cl. The molecule has 0 bridgehead atoms. The van der Waals surface area contributed by atoms with Gasteiger partial charge in [0.25, 0.3) is 0 Å². The van der Waals surface area contributed by atoms with E-state index in [2.05, 4.69) is 20.1 Å². The van der Waals surface area contributed by atoms with Crippen molar-refractivity contribution in [3.05, 3.63) is 45.8 Å². The summed E-state index contributed by atoms with van der Waals surface area (Å²) in [6, 6.07) is 2.99. The lowest BCUT2D eigenvalue weighted by molar-refractivity contribution is -0.137. The molecule has 1 aliphatic heterocycles. The third-order valence-electron chi connectivity index (χ3n) is 6.84. The zero-order chi connectivity index (χ0) is 24.3. The highest BCUT2D eigenvalue weighted by atomic mass is 35.5. The summed E-state index contributed by atoms with van der Waals surface area (Å²) in [6.07, 6.45) is -2.75. The van der Waals surface area contributed by atoms with Crippen LogP contribution in [0.2, 0.25) is 0 Å². The first kappa shape index (κ1) is 26.4. The fraction of sp³-hybridized carbons (Fsp3) is 0.522. The largest absolute Gasteiger partial charge is 0.416 e. The molecule has 2 aliphatic rings. The minimum atomic E-state index is -4.53. The molecule has 0 radical (unpaired) electrons. The average Bonchev–Trinajstić information content (AvgIpc) is 3.00. The summed E-state index contributed by atoms with van der Waals surface area (Å²) >= 11 is 3.27. The maximum Gasteiger partial charge on any atom is 0.416 e. The fourth-order valence-electron chi connectivity index (χ4n) is 5.10. The molecule has 0 amide bonds. The van der Waals surface area contributed by atoms with Gasteiger partial charge in [-0.25, -0.2) is 9.37 Å². The van der Waals surface area contributed by atoms with E-state index in [9.17, 15) is 17.6 Å². The number of halogens is 5. The molecule has 5 rings (SSSR count). The van der Waals surface area contributed by atoms with Gasteiger partial charge in [0.1, 0.15) is 5.82 Å². The van der Waals surface area contributed by atoms with Gasteiger partial charge in [0.05, 0.1) is 21.1 Å². The number of rotatable bonds is 7. The van der Waals surface area contributed by atoms with E-state index in [1.807, 2.05) is 25.5 Å². The first-order chi connectivity index (χ1) is 16.1. The molecule has 3 aromatic rings. The van der Waals surface area contributed by atoms with Crippen molar-refractivity contribution in [1.29, 1.82) is 0 Å². The Morgan fingerprint density at radius 3 is 2.66 bits per heavy atom. The highest BCUT2D eigenvalue weighted by molar-refractivity contribution is 7.99. The van der Waals surface area contributed by atoms with E-state index >= 15 is 0 Å². The Hall–Kier alpha value is -1.69. The second-order valence-corrected chi connectivity index (χ2v) is 11.5. The molecule has 2 aromatic heterocycles. The minimum Gasteiger partial charge on any atom is -0.304 e. The van der Waals surface area contributed by atoms with Crippen molar-refractivity contribution < 1.29 is 17.6 Å². The molecule has 1 aromatic carbocycles. The number of hydrogen-bond donors (Lipinski definition) is 0.